The average Bonchev–Trinajstić information content (AvgIpc) is 3.17. The van der Waals surface area contributed by atoms with Gasteiger partial charge in [-0.2, -0.15) is 15.8 Å². The van der Waals surface area contributed by atoms with E-state index in [2.05, 4.69) is 46.0 Å². The van der Waals surface area contributed by atoms with E-state index in [9.17, 15) is 15.8 Å². The highest BCUT2D eigenvalue weighted by Gasteiger charge is 2.19. The summed E-state index contributed by atoms with van der Waals surface area (Å²) in [6.07, 6.45) is 7.56. The maximum absolute atomic E-state index is 9.45. The molecule has 1 aliphatic rings. The van der Waals surface area contributed by atoms with Crippen molar-refractivity contribution >= 4 is 33.1 Å². The van der Waals surface area contributed by atoms with E-state index in [1.165, 1.54) is 0 Å². The van der Waals surface area contributed by atoms with Crippen molar-refractivity contribution in [2.75, 3.05) is 0 Å². The van der Waals surface area contributed by atoms with Crippen LogP contribution in [0.25, 0.3) is 33.1 Å². The molecule has 2 heterocycles. The van der Waals surface area contributed by atoms with Crippen LogP contribution in [0.4, 0.5) is 0 Å². The quantitative estimate of drug-likeness (QED) is 0.445. The Morgan fingerprint density at radius 3 is 2.52 bits per heavy atom. The minimum Gasteiger partial charge on any atom is -0.312 e. The molecule has 0 aliphatic heterocycles. The third-order valence-corrected chi connectivity index (χ3v) is 5.64. The van der Waals surface area contributed by atoms with Crippen LogP contribution >= 0.6 is 0 Å². The van der Waals surface area contributed by atoms with Gasteiger partial charge in [0.15, 0.2) is 5.69 Å². The van der Waals surface area contributed by atoms with Crippen LogP contribution in [-0.4, -0.2) is 9.55 Å². The Bertz CT molecular complexity index is 1560. The molecule has 0 radical (unpaired) electrons. The van der Waals surface area contributed by atoms with Crippen molar-refractivity contribution in [3.05, 3.63) is 89.3 Å². The molecule has 0 spiro atoms. The smallest absolute Gasteiger partial charge is 0.158 e. The Kier molecular flexibility index (Phi) is 4.33. The number of rotatable bonds is 2. The number of hydrogen-bond donors (Lipinski definition) is 0. The normalized spacial score (nSPS) is 13.2. The van der Waals surface area contributed by atoms with Crippen LogP contribution in [0.2, 0.25) is 0 Å². The standard InChI is InChI=1S/C26H15N5/c27-13-17-9-10-26-22(11-17)21-6-2-4-8-25(21)31(26)24-7-3-1-5-20(24)19-12-18(14-28)23(15-29)30-16-19/h1-2,4-6,8-12,16H,3,7H2. The lowest BCUT2D eigenvalue weighted by Gasteiger charge is -2.20. The summed E-state index contributed by atoms with van der Waals surface area (Å²) in [5.41, 5.74) is 6.02. The molecule has 5 rings (SSSR count). The monoisotopic (exact) mass is 397 g/mol. The molecule has 0 atom stereocenters. The first-order valence-electron chi connectivity index (χ1n) is 9.89. The van der Waals surface area contributed by atoms with Gasteiger partial charge < -0.3 is 4.57 Å². The number of allylic oxidation sites excluding steroid dienone is 4. The third-order valence-electron chi connectivity index (χ3n) is 5.64. The number of para-hydroxylation sites is 1. The fraction of sp³-hybridized carbons (Fsp3) is 0.0769. The number of nitrogens with zero attached hydrogens (tertiary/aromatic N) is 5. The number of fused-ring (bicyclic) bond motifs is 3. The Hall–Kier alpha value is -4.66. The van der Waals surface area contributed by atoms with Gasteiger partial charge in [-0.15, -0.1) is 0 Å². The van der Waals surface area contributed by atoms with Crippen molar-refractivity contribution in [3.63, 3.8) is 0 Å². The third kappa shape index (κ3) is 2.87. The van der Waals surface area contributed by atoms with Crippen LogP contribution in [-0.2, 0) is 0 Å². The van der Waals surface area contributed by atoms with Gasteiger partial charge in [-0.05, 0) is 43.2 Å². The minimum atomic E-state index is 0.133. The maximum atomic E-state index is 9.45. The fourth-order valence-corrected chi connectivity index (χ4v) is 4.27. The Balaban J connectivity index is 1.85. The summed E-state index contributed by atoms with van der Waals surface area (Å²) in [4.78, 5) is 4.21. The molecule has 0 amide bonds. The lowest BCUT2D eigenvalue weighted by Crippen LogP contribution is -2.04. The van der Waals surface area contributed by atoms with Crippen molar-refractivity contribution in [1.82, 2.24) is 9.55 Å². The summed E-state index contributed by atoms with van der Waals surface area (Å²) in [5.74, 6) is 0. The van der Waals surface area contributed by atoms with Gasteiger partial charge in [0, 0.05) is 33.8 Å². The first-order chi connectivity index (χ1) is 15.2. The molecule has 2 aromatic carbocycles. The molecule has 2 aromatic heterocycles. The van der Waals surface area contributed by atoms with Gasteiger partial charge in [-0.3, -0.25) is 0 Å². The van der Waals surface area contributed by atoms with E-state index in [1.807, 2.05) is 36.4 Å². The number of hydrogen-bond acceptors (Lipinski definition) is 4. The Morgan fingerprint density at radius 1 is 0.871 bits per heavy atom. The summed E-state index contributed by atoms with van der Waals surface area (Å²) >= 11 is 0. The van der Waals surface area contributed by atoms with Gasteiger partial charge in [-0.25, -0.2) is 4.98 Å². The number of benzene rings is 2. The largest absolute Gasteiger partial charge is 0.312 e. The molecule has 0 unspecified atom stereocenters. The van der Waals surface area contributed by atoms with Crippen LogP contribution in [0.5, 0.6) is 0 Å². The summed E-state index contributed by atoms with van der Waals surface area (Å²) < 4.78 is 2.24. The molecule has 0 fully saturated rings. The molecule has 1 aliphatic carbocycles. The summed E-state index contributed by atoms with van der Waals surface area (Å²) in [7, 11) is 0. The van der Waals surface area contributed by atoms with E-state index < -0.39 is 0 Å². The van der Waals surface area contributed by atoms with Crippen molar-refractivity contribution in [1.29, 1.82) is 15.8 Å². The van der Waals surface area contributed by atoms with E-state index in [0.29, 0.717) is 5.56 Å². The first-order valence-corrected chi connectivity index (χ1v) is 9.89. The fourth-order valence-electron chi connectivity index (χ4n) is 4.27. The molecule has 0 N–H and O–H groups in total. The molecule has 0 saturated heterocycles. The van der Waals surface area contributed by atoms with Crippen molar-refractivity contribution in [3.8, 4) is 18.2 Å². The average molecular weight is 397 g/mol. The maximum Gasteiger partial charge on any atom is 0.158 e. The predicted octanol–water partition coefficient (Wildman–Crippen LogP) is 5.52. The number of aromatic nitrogens is 2. The van der Waals surface area contributed by atoms with Crippen LogP contribution in [0.15, 0.2) is 66.9 Å². The van der Waals surface area contributed by atoms with Crippen LogP contribution in [0.1, 0.15) is 35.2 Å². The van der Waals surface area contributed by atoms with Crippen molar-refractivity contribution in [2.24, 2.45) is 0 Å². The van der Waals surface area contributed by atoms with E-state index in [0.717, 1.165) is 51.5 Å². The van der Waals surface area contributed by atoms with Gasteiger partial charge in [0.05, 0.1) is 28.2 Å². The topological polar surface area (TPSA) is 89.2 Å². The number of nitriles is 3. The molecular weight excluding hydrogens is 382 g/mol. The Morgan fingerprint density at radius 2 is 1.71 bits per heavy atom. The van der Waals surface area contributed by atoms with Crippen molar-refractivity contribution < 1.29 is 0 Å². The molecule has 5 nitrogen and oxygen atoms in total. The second kappa shape index (κ2) is 7.30. The molecule has 4 aromatic rings. The van der Waals surface area contributed by atoms with Gasteiger partial charge >= 0.3 is 0 Å². The highest BCUT2D eigenvalue weighted by atomic mass is 15.0. The Labute approximate surface area is 179 Å². The van der Waals surface area contributed by atoms with Gasteiger partial charge in [0.1, 0.15) is 12.1 Å². The van der Waals surface area contributed by atoms with Crippen LogP contribution in [0, 0.1) is 34.0 Å². The van der Waals surface area contributed by atoms with Gasteiger partial charge in [0.25, 0.3) is 0 Å². The molecule has 0 saturated carbocycles. The highest BCUT2D eigenvalue weighted by molar-refractivity contribution is 6.12. The van der Waals surface area contributed by atoms with Crippen LogP contribution < -0.4 is 0 Å². The van der Waals surface area contributed by atoms with Crippen LogP contribution in [0.3, 0.4) is 0 Å². The lowest BCUT2D eigenvalue weighted by atomic mass is 9.96. The van der Waals surface area contributed by atoms with E-state index >= 15 is 0 Å². The van der Waals surface area contributed by atoms with E-state index in [-0.39, 0.29) is 11.3 Å². The minimum absolute atomic E-state index is 0.133. The molecule has 5 heteroatoms. The van der Waals surface area contributed by atoms with Crippen molar-refractivity contribution in [2.45, 2.75) is 12.8 Å². The van der Waals surface area contributed by atoms with E-state index in [1.54, 1.807) is 12.3 Å². The second-order valence-electron chi connectivity index (χ2n) is 7.34. The predicted molar refractivity (Wildman–Crippen MR) is 119 cm³/mol. The summed E-state index contributed by atoms with van der Waals surface area (Å²) in [6.45, 7) is 0. The van der Waals surface area contributed by atoms with E-state index in [4.69, 9.17) is 0 Å². The lowest BCUT2D eigenvalue weighted by molar-refractivity contribution is 0.983. The molecule has 144 valence electrons. The number of pyridine rings is 1. The molecule has 0 bridgehead atoms. The van der Waals surface area contributed by atoms with Gasteiger partial charge in [0.2, 0.25) is 0 Å². The molecule has 31 heavy (non-hydrogen) atoms. The zero-order valence-electron chi connectivity index (χ0n) is 16.5. The second-order valence-corrected chi connectivity index (χ2v) is 7.34. The zero-order valence-corrected chi connectivity index (χ0v) is 16.5. The first kappa shape index (κ1) is 18.4. The summed E-state index contributed by atoms with van der Waals surface area (Å²) in [5, 5.41) is 30.2. The molecular formula is C26H15N5. The highest BCUT2D eigenvalue weighted by Crippen LogP contribution is 2.38. The SMILES string of the molecule is N#Cc1ccc2c(c1)c1ccccc1n2C1=C(c2cnc(C#N)c(C#N)c2)C=CCC1. The summed E-state index contributed by atoms with van der Waals surface area (Å²) in [6, 6.07) is 22.0. The van der Waals surface area contributed by atoms with Gasteiger partial charge in [-0.1, -0.05) is 30.4 Å². The zero-order chi connectivity index (χ0) is 21.4.